The van der Waals surface area contributed by atoms with Gasteiger partial charge < -0.3 is 10.6 Å². The Hall–Kier alpha value is -1.84. The largest absolute Gasteiger partial charge is 0.355 e. The van der Waals surface area contributed by atoms with Gasteiger partial charge in [0.05, 0.1) is 27.1 Å². The number of aryl methyl sites for hydroxylation is 2. The Morgan fingerprint density at radius 1 is 1.28 bits per heavy atom. The molecule has 160 valence electrons. The maximum absolute atomic E-state index is 12.3. The number of nitrogens with zero attached hydrogens (tertiary/aromatic N) is 3. The first kappa shape index (κ1) is 25.2. The summed E-state index contributed by atoms with van der Waals surface area (Å²) in [5.74, 6) is 0.528. The highest BCUT2D eigenvalue weighted by Gasteiger charge is 2.17. The number of nitro benzene ring substituents is 1. The molecule has 0 atom stereocenters. The second-order valence-corrected chi connectivity index (χ2v) is 8.80. The number of aromatic nitrogens is 1. The molecule has 2 rings (SSSR count). The molecule has 10 nitrogen and oxygen atoms in total. The van der Waals surface area contributed by atoms with Crippen LogP contribution < -0.4 is 15.4 Å². The van der Waals surface area contributed by atoms with Crippen molar-refractivity contribution in [1.82, 2.24) is 20.3 Å². The normalized spacial score (nSPS) is 11.6. The summed E-state index contributed by atoms with van der Waals surface area (Å²) in [5, 5.41) is 17.9. The van der Waals surface area contributed by atoms with E-state index in [2.05, 4.69) is 25.3 Å². The van der Waals surface area contributed by atoms with Crippen molar-refractivity contribution in [2.75, 3.05) is 20.1 Å². The van der Waals surface area contributed by atoms with Gasteiger partial charge in [-0.1, -0.05) is 6.07 Å². The van der Waals surface area contributed by atoms with Gasteiger partial charge in [0.2, 0.25) is 10.0 Å². The number of guanidine groups is 1. The van der Waals surface area contributed by atoms with Crippen molar-refractivity contribution in [2.45, 2.75) is 25.3 Å². The number of nitro groups is 1. The third kappa shape index (κ3) is 7.49. The summed E-state index contributed by atoms with van der Waals surface area (Å²) in [6.07, 6.45) is 0. The molecule has 13 heteroatoms. The topological polar surface area (TPSA) is 139 Å². The molecule has 0 spiro atoms. The standard InChI is InChI=1S/C16H22N6O4S2.HI/c1-11-15(27-12(2)21-11)10-19-16(17-3)18-7-8-20-28(25,26)14-6-4-5-13(9-14)22(23)24;/h4-6,9,20H,7-8,10H2,1-3H3,(H2,17,18,19);1H. The smallest absolute Gasteiger partial charge is 0.270 e. The minimum Gasteiger partial charge on any atom is -0.355 e. The van der Waals surface area contributed by atoms with Crippen molar-refractivity contribution < 1.29 is 13.3 Å². The highest BCUT2D eigenvalue weighted by molar-refractivity contribution is 14.0. The number of non-ortho nitro benzene ring substituents is 1. The number of thiazole rings is 1. The number of rotatable bonds is 8. The third-order valence-electron chi connectivity index (χ3n) is 3.69. The van der Waals surface area contributed by atoms with Gasteiger partial charge >= 0.3 is 0 Å². The van der Waals surface area contributed by atoms with Gasteiger partial charge in [-0.05, 0) is 19.9 Å². The van der Waals surface area contributed by atoms with Crippen LogP contribution in [-0.4, -0.2) is 44.4 Å². The summed E-state index contributed by atoms with van der Waals surface area (Å²) in [7, 11) is -2.22. The summed E-state index contributed by atoms with van der Waals surface area (Å²) < 4.78 is 26.9. The molecular weight excluding hydrogens is 531 g/mol. The predicted molar refractivity (Wildman–Crippen MR) is 123 cm³/mol. The summed E-state index contributed by atoms with van der Waals surface area (Å²) in [6.45, 7) is 4.83. The van der Waals surface area contributed by atoms with Crippen molar-refractivity contribution in [1.29, 1.82) is 0 Å². The zero-order valence-corrected chi connectivity index (χ0v) is 20.1. The third-order valence-corrected chi connectivity index (χ3v) is 6.22. The van der Waals surface area contributed by atoms with Crippen molar-refractivity contribution >= 4 is 57.0 Å². The number of hydrogen-bond acceptors (Lipinski definition) is 7. The van der Waals surface area contributed by atoms with Crippen molar-refractivity contribution in [3.63, 3.8) is 0 Å². The van der Waals surface area contributed by atoms with Gasteiger partial charge in [0.15, 0.2) is 5.96 Å². The molecule has 0 bridgehead atoms. The lowest BCUT2D eigenvalue weighted by molar-refractivity contribution is -0.385. The summed E-state index contributed by atoms with van der Waals surface area (Å²) in [6, 6.07) is 4.90. The number of nitrogens with one attached hydrogen (secondary N) is 3. The Labute approximate surface area is 190 Å². The molecule has 1 heterocycles. The Morgan fingerprint density at radius 2 is 2.00 bits per heavy atom. The monoisotopic (exact) mass is 554 g/mol. The van der Waals surface area contributed by atoms with Crippen LogP contribution in [0, 0.1) is 24.0 Å². The predicted octanol–water partition coefficient (Wildman–Crippen LogP) is 1.93. The minimum atomic E-state index is -3.84. The quantitative estimate of drug-likeness (QED) is 0.113. The van der Waals surface area contributed by atoms with E-state index in [1.165, 1.54) is 18.2 Å². The zero-order chi connectivity index (χ0) is 20.7. The van der Waals surface area contributed by atoms with Crippen LogP contribution in [0.25, 0.3) is 0 Å². The van der Waals surface area contributed by atoms with Gasteiger partial charge in [-0.25, -0.2) is 18.1 Å². The van der Waals surface area contributed by atoms with Crippen LogP contribution in [0.5, 0.6) is 0 Å². The average molecular weight is 554 g/mol. The van der Waals surface area contributed by atoms with Crippen LogP contribution in [0.1, 0.15) is 15.6 Å². The molecule has 0 saturated carbocycles. The zero-order valence-electron chi connectivity index (χ0n) is 16.1. The van der Waals surface area contributed by atoms with E-state index in [4.69, 9.17) is 0 Å². The number of hydrogen-bond donors (Lipinski definition) is 3. The van der Waals surface area contributed by atoms with Gasteiger partial charge in [-0.3, -0.25) is 15.1 Å². The fourth-order valence-electron chi connectivity index (χ4n) is 2.34. The first-order valence-corrected chi connectivity index (χ1v) is 10.6. The lowest BCUT2D eigenvalue weighted by Crippen LogP contribution is -2.41. The molecule has 2 aromatic rings. The number of benzene rings is 1. The van der Waals surface area contributed by atoms with Crippen molar-refractivity contribution in [2.24, 2.45) is 4.99 Å². The SMILES string of the molecule is CN=C(NCCNS(=O)(=O)c1cccc([N+](=O)[O-])c1)NCc1sc(C)nc1C.I. The first-order valence-electron chi connectivity index (χ1n) is 8.34. The Morgan fingerprint density at radius 3 is 2.59 bits per heavy atom. The van der Waals surface area contributed by atoms with E-state index >= 15 is 0 Å². The molecular formula is C16H23IN6O4S2. The fraction of sp³-hybridized carbons (Fsp3) is 0.375. The molecule has 0 aliphatic rings. The molecule has 3 N–H and O–H groups in total. The lowest BCUT2D eigenvalue weighted by atomic mass is 10.3. The molecule has 1 aromatic heterocycles. The van der Waals surface area contributed by atoms with Crippen LogP contribution >= 0.6 is 35.3 Å². The van der Waals surface area contributed by atoms with E-state index in [-0.39, 0.29) is 47.6 Å². The van der Waals surface area contributed by atoms with Crippen LogP contribution in [0.3, 0.4) is 0 Å². The molecule has 0 saturated heterocycles. The van der Waals surface area contributed by atoms with Gasteiger partial charge in [0.25, 0.3) is 5.69 Å². The van der Waals surface area contributed by atoms with Crippen LogP contribution in [-0.2, 0) is 16.6 Å². The van der Waals surface area contributed by atoms with Gasteiger partial charge in [0, 0.05) is 37.1 Å². The molecule has 0 fully saturated rings. The Kier molecular flexibility index (Phi) is 9.88. The van der Waals surface area contributed by atoms with Crippen molar-refractivity contribution in [3.05, 3.63) is 50.0 Å². The van der Waals surface area contributed by atoms with E-state index in [0.29, 0.717) is 12.5 Å². The fourth-order valence-corrected chi connectivity index (χ4v) is 4.28. The maximum atomic E-state index is 12.3. The van der Waals surface area contributed by atoms with Crippen molar-refractivity contribution in [3.8, 4) is 0 Å². The van der Waals surface area contributed by atoms with E-state index in [0.717, 1.165) is 21.6 Å². The molecule has 0 unspecified atom stereocenters. The molecule has 0 aliphatic carbocycles. The lowest BCUT2D eigenvalue weighted by Gasteiger charge is -2.12. The molecule has 0 amide bonds. The highest BCUT2D eigenvalue weighted by Crippen LogP contribution is 2.17. The van der Waals surface area contributed by atoms with Gasteiger partial charge in [-0.15, -0.1) is 35.3 Å². The van der Waals surface area contributed by atoms with Crippen LogP contribution in [0.15, 0.2) is 34.2 Å². The first-order chi connectivity index (χ1) is 13.2. The number of halogens is 1. The highest BCUT2D eigenvalue weighted by atomic mass is 127. The van der Waals surface area contributed by atoms with E-state index in [9.17, 15) is 18.5 Å². The molecule has 1 aromatic carbocycles. The number of sulfonamides is 1. The van der Waals surface area contributed by atoms with E-state index < -0.39 is 14.9 Å². The minimum absolute atomic E-state index is 0. The summed E-state index contributed by atoms with van der Waals surface area (Å²) in [4.78, 5) is 19.6. The average Bonchev–Trinajstić information content (AvgIpc) is 2.98. The van der Waals surface area contributed by atoms with Crippen LogP contribution in [0.4, 0.5) is 5.69 Å². The van der Waals surface area contributed by atoms with Crippen LogP contribution in [0.2, 0.25) is 0 Å². The van der Waals surface area contributed by atoms with E-state index in [1.54, 1.807) is 18.4 Å². The van der Waals surface area contributed by atoms with Gasteiger partial charge in [-0.2, -0.15) is 0 Å². The van der Waals surface area contributed by atoms with Gasteiger partial charge in [0.1, 0.15) is 0 Å². The Bertz CT molecular complexity index is 978. The summed E-state index contributed by atoms with van der Waals surface area (Å²) in [5.41, 5.74) is 0.689. The molecule has 29 heavy (non-hydrogen) atoms. The van der Waals surface area contributed by atoms with E-state index in [1.807, 2.05) is 13.8 Å². The second-order valence-electron chi connectivity index (χ2n) is 5.75. The Balaban J connectivity index is 0.00000420. The summed E-state index contributed by atoms with van der Waals surface area (Å²) >= 11 is 1.60. The molecule has 0 radical (unpaired) electrons. The second kappa shape index (κ2) is 11.4. The molecule has 0 aliphatic heterocycles. The number of aliphatic imine (C=N–C) groups is 1. The maximum Gasteiger partial charge on any atom is 0.270 e.